The molecule has 19 heavy (non-hydrogen) atoms. The summed E-state index contributed by atoms with van der Waals surface area (Å²) in [6.45, 7) is 6.27. The quantitative estimate of drug-likeness (QED) is 0.697. The second kappa shape index (κ2) is 8.91. The summed E-state index contributed by atoms with van der Waals surface area (Å²) in [5.41, 5.74) is 0. The molecule has 2 N–H and O–H groups in total. The van der Waals surface area contributed by atoms with Gasteiger partial charge in [0, 0.05) is 32.5 Å². The fraction of sp³-hybridized carbons (Fsp3) is 0.857. The fourth-order valence-corrected chi connectivity index (χ4v) is 1.94. The van der Waals surface area contributed by atoms with Crippen LogP contribution in [0, 0.1) is 5.92 Å². The average Bonchev–Trinajstić information content (AvgIpc) is 2.86. The molecule has 0 unspecified atom stereocenters. The lowest BCUT2D eigenvalue weighted by Crippen LogP contribution is -2.33. The minimum Gasteiger partial charge on any atom is -0.376 e. The van der Waals surface area contributed by atoms with Crippen molar-refractivity contribution in [3.8, 4) is 0 Å². The fourth-order valence-electron chi connectivity index (χ4n) is 1.94. The maximum Gasteiger partial charge on any atom is 0.220 e. The number of amides is 2. The smallest absolute Gasteiger partial charge is 0.220 e. The summed E-state index contributed by atoms with van der Waals surface area (Å²) in [6, 6.07) is 0. The van der Waals surface area contributed by atoms with Crippen molar-refractivity contribution in [1.29, 1.82) is 0 Å². The highest BCUT2D eigenvalue weighted by Gasteiger charge is 2.16. The van der Waals surface area contributed by atoms with Crippen LogP contribution in [0.25, 0.3) is 0 Å². The predicted octanol–water partition coefficient (Wildman–Crippen LogP) is 1.22. The first-order valence-electron chi connectivity index (χ1n) is 7.23. The van der Waals surface area contributed by atoms with E-state index in [1.54, 1.807) is 0 Å². The largest absolute Gasteiger partial charge is 0.376 e. The van der Waals surface area contributed by atoms with Crippen molar-refractivity contribution in [2.75, 3.05) is 19.7 Å². The Morgan fingerprint density at radius 3 is 2.47 bits per heavy atom. The van der Waals surface area contributed by atoms with Crippen molar-refractivity contribution >= 4 is 11.8 Å². The van der Waals surface area contributed by atoms with E-state index in [2.05, 4.69) is 24.5 Å². The van der Waals surface area contributed by atoms with E-state index in [1.807, 2.05) is 0 Å². The van der Waals surface area contributed by atoms with E-state index in [0.29, 0.717) is 19.0 Å². The van der Waals surface area contributed by atoms with E-state index in [1.165, 1.54) is 0 Å². The highest BCUT2D eigenvalue weighted by atomic mass is 16.5. The first-order chi connectivity index (χ1) is 9.08. The lowest BCUT2D eigenvalue weighted by Gasteiger charge is -2.11. The molecular weight excluding hydrogens is 244 g/mol. The minimum atomic E-state index is -0.0745. The van der Waals surface area contributed by atoms with Gasteiger partial charge < -0.3 is 15.4 Å². The van der Waals surface area contributed by atoms with Crippen LogP contribution in [0.4, 0.5) is 0 Å². The summed E-state index contributed by atoms with van der Waals surface area (Å²) in [5.74, 6) is 0.456. The molecule has 0 aliphatic carbocycles. The van der Waals surface area contributed by atoms with Gasteiger partial charge in [0.15, 0.2) is 0 Å². The topological polar surface area (TPSA) is 67.4 Å². The summed E-state index contributed by atoms with van der Waals surface area (Å²) in [4.78, 5) is 23.0. The molecule has 0 radical (unpaired) electrons. The van der Waals surface area contributed by atoms with Crippen LogP contribution in [-0.4, -0.2) is 37.6 Å². The van der Waals surface area contributed by atoms with E-state index < -0.39 is 0 Å². The molecule has 5 heteroatoms. The van der Waals surface area contributed by atoms with E-state index >= 15 is 0 Å². The van der Waals surface area contributed by atoms with Gasteiger partial charge in [-0.2, -0.15) is 0 Å². The molecular formula is C14H26N2O3. The van der Waals surface area contributed by atoms with Crippen LogP contribution in [0.5, 0.6) is 0 Å². The molecule has 1 saturated heterocycles. The van der Waals surface area contributed by atoms with Crippen LogP contribution >= 0.6 is 0 Å². The van der Waals surface area contributed by atoms with E-state index in [0.717, 1.165) is 25.9 Å². The Morgan fingerprint density at radius 1 is 1.21 bits per heavy atom. The summed E-state index contributed by atoms with van der Waals surface area (Å²) >= 11 is 0. The molecule has 1 aliphatic rings. The second-order valence-electron chi connectivity index (χ2n) is 5.47. The Bertz CT molecular complexity index is 286. The SMILES string of the molecule is CC(C)CCNC(=O)CCC(=O)NC[C@H]1CCCO1. The third-order valence-electron chi connectivity index (χ3n) is 3.17. The van der Waals surface area contributed by atoms with Crippen molar-refractivity contribution in [3.05, 3.63) is 0 Å². The number of nitrogens with one attached hydrogen (secondary N) is 2. The van der Waals surface area contributed by atoms with Crippen LogP contribution in [0.3, 0.4) is 0 Å². The first-order valence-corrected chi connectivity index (χ1v) is 7.23. The third kappa shape index (κ3) is 7.82. The van der Waals surface area contributed by atoms with E-state index in [-0.39, 0.29) is 30.8 Å². The normalized spacial score (nSPS) is 18.6. The molecule has 1 heterocycles. The molecule has 1 aliphatic heterocycles. The molecule has 0 aromatic rings. The molecule has 0 bridgehead atoms. The van der Waals surface area contributed by atoms with Crippen LogP contribution in [0.15, 0.2) is 0 Å². The maximum atomic E-state index is 11.5. The zero-order valence-corrected chi connectivity index (χ0v) is 12.0. The van der Waals surface area contributed by atoms with Crippen molar-refractivity contribution in [2.45, 2.75) is 52.1 Å². The Kier molecular flexibility index (Phi) is 7.48. The monoisotopic (exact) mass is 270 g/mol. The standard InChI is InChI=1S/C14H26N2O3/c1-11(2)7-8-15-13(17)5-6-14(18)16-10-12-4-3-9-19-12/h11-12H,3-10H2,1-2H3,(H,15,17)(H,16,18)/t12-/m1/s1. The summed E-state index contributed by atoms with van der Waals surface area (Å²) < 4.78 is 5.41. The van der Waals surface area contributed by atoms with Gasteiger partial charge in [0.2, 0.25) is 11.8 Å². The van der Waals surface area contributed by atoms with E-state index in [4.69, 9.17) is 4.74 Å². The average molecular weight is 270 g/mol. The Hall–Kier alpha value is -1.10. The lowest BCUT2D eigenvalue weighted by atomic mass is 10.1. The van der Waals surface area contributed by atoms with Gasteiger partial charge in [-0.15, -0.1) is 0 Å². The van der Waals surface area contributed by atoms with Gasteiger partial charge >= 0.3 is 0 Å². The third-order valence-corrected chi connectivity index (χ3v) is 3.17. The van der Waals surface area contributed by atoms with Gasteiger partial charge in [0.05, 0.1) is 6.10 Å². The van der Waals surface area contributed by atoms with Gasteiger partial charge in [-0.05, 0) is 25.2 Å². The zero-order valence-electron chi connectivity index (χ0n) is 12.0. The molecule has 1 fully saturated rings. The number of rotatable bonds is 8. The van der Waals surface area contributed by atoms with Crippen LogP contribution in [-0.2, 0) is 14.3 Å². The van der Waals surface area contributed by atoms with Crippen molar-refractivity contribution in [1.82, 2.24) is 10.6 Å². The van der Waals surface area contributed by atoms with E-state index in [9.17, 15) is 9.59 Å². The first kappa shape index (κ1) is 16.0. The van der Waals surface area contributed by atoms with Gasteiger partial charge in [0.1, 0.15) is 0 Å². The van der Waals surface area contributed by atoms with Crippen LogP contribution in [0.2, 0.25) is 0 Å². The van der Waals surface area contributed by atoms with Crippen LogP contribution in [0.1, 0.15) is 46.0 Å². The lowest BCUT2D eigenvalue weighted by molar-refractivity contribution is -0.126. The van der Waals surface area contributed by atoms with Gasteiger partial charge in [0.25, 0.3) is 0 Å². The van der Waals surface area contributed by atoms with Crippen molar-refractivity contribution < 1.29 is 14.3 Å². The summed E-state index contributed by atoms with van der Waals surface area (Å²) in [5, 5.41) is 5.63. The molecule has 110 valence electrons. The number of hydrogen-bond donors (Lipinski definition) is 2. The minimum absolute atomic E-state index is 0.0482. The zero-order chi connectivity index (χ0) is 14.1. The molecule has 2 amide bonds. The predicted molar refractivity (Wildman–Crippen MR) is 73.7 cm³/mol. The van der Waals surface area contributed by atoms with Crippen LogP contribution < -0.4 is 10.6 Å². The molecule has 0 aromatic carbocycles. The number of carbonyl (C=O) groups is 2. The molecule has 5 nitrogen and oxygen atoms in total. The highest BCUT2D eigenvalue weighted by Crippen LogP contribution is 2.10. The molecule has 0 saturated carbocycles. The highest BCUT2D eigenvalue weighted by molar-refractivity contribution is 5.83. The Labute approximate surface area is 115 Å². The molecule has 1 rings (SSSR count). The number of ether oxygens (including phenoxy) is 1. The molecule has 0 aromatic heterocycles. The van der Waals surface area contributed by atoms with Gasteiger partial charge in [-0.1, -0.05) is 13.8 Å². The number of hydrogen-bond acceptors (Lipinski definition) is 3. The summed E-state index contributed by atoms with van der Waals surface area (Å²) in [6.07, 6.45) is 3.71. The molecule has 1 atom stereocenters. The van der Waals surface area contributed by atoms with Crippen molar-refractivity contribution in [3.63, 3.8) is 0 Å². The molecule has 0 spiro atoms. The van der Waals surface area contributed by atoms with Gasteiger partial charge in [-0.25, -0.2) is 0 Å². The number of carbonyl (C=O) groups excluding carboxylic acids is 2. The van der Waals surface area contributed by atoms with Crippen molar-refractivity contribution in [2.24, 2.45) is 5.92 Å². The summed E-state index contributed by atoms with van der Waals surface area (Å²) in [7, 11) is 0. The Balaban J connectivity index is 2.00. The maximum absolute atomic E-state index is 11.5. The second-order valence-corrected chi connectivity index (χ2v) is 5.47. The van der Waals surface area contributed by atoms with Gasteiger partial charge in [-0.3, -0.25) is 9.59 Å². The Morgan fingerprint density at radius 2 is 1.89 bits per heavy atom.